The van der Waals surface area contributed by atoms with Crippen LogP contribution < -0.4 is 0 Å². The number of hydrogen-bond acceptors (Lipinski definition) is 2. The highest BCUT2D eigenvalue weighted by Gasteiger charge is 2.16. The monoisotopic (exact) mass is 505 g/mol. The number of rotatable bonds is 1. The van der Waals surface area contributed by atoms with Gasteiger partial charge >= 0.3 is 0 Å². The Morgan fingerprint density at radius 3 is 1.95 bits per heavy atom. The first kappa shape index (κ1) is 19.9. The summed E-state index contributed by atoms with van der Waals surface area (Å²) in [6, 6.07) is 42.7. The molecule has 0 radical (unpaired) electrons. The van der Waals surface area contributed by atoms with Gasteiger partial charge in [-0.3, -0.25) is 0 Å². The average molecular weight is 506 g/mol. The molecule has 0 unspecified atom stereocenters. The first-order valence-corrected chi connectivity index (χ1v) is 14.2. The number of thiophene rings is 2. The normalized spacial score (nSPS) is 12.3. The van der Waals surface area contributed by atoms with Gasteiger partial charge in [0, 0.05) is 62.2 Å². The molecule has 172 valence electrons. The van der Waals surface area contributed by atoms with Crippen LogP contribution in [-0.2, 0) is 0 Å². The van der Waals surface area contributed by atoms with E-state index in [1.54, 1.807) is 0 Å². The van der Waals surface area contributed by atoms with Gasteiger partial charge in [-0.25, -0.2) is 0 Å². The van der Waals surface area contributed by atoms with E-state index in [-0.39, 0.29) is 0 Å². The molecular weight excluding hydrogens is 487 g/mol. The quantitative estimate of drug-likeness (QED) is 0.209. The van der Waals surface area contributed by atoms with Crippen molar-refractivity contribution < 1.29 is 0 Å². The molecule has 3 heteroatoms. The van der Waals surface area contributed by atoms with E-state index in [0.717, 1.165) is 0 Å². The average Bonchev–Trinajstić information content (AvgIpc) is 3.60. The molecule has 3 heterocycles. The Balaban J connectivity index is 1.39. The van der Waals surface area contributed by atoms with Gasteiger partial charge in [-0.05, 0) is 47.9 Å². The Bertz CT molecular complexity index is 2360. The molecule has 0 aliphatic carbocycles. The van der Waals surface area contributed by atoms with Crippen LogP contribution in [0.15, 0.2) is 115 Å². The highest BCUT2D eigenvalue weighted by Crippen LogP contribution is 2.42. The maximum atomic E-state index is 2.45. The molecule has 9 aromatic rings. The van der Waals surface area contributed by atoms with Crippen molar-refractivity contribution in [1.82, 2.24) is 4.57 Å². The van der Waals surface area contributed by atoms with Gasteiger partial charge in [0.2, 0.25) is 0 Å². The number of para-hydroxylation sites is 1. The van der Waals surface area contributed by atoms with Crippen molar-refractivity contribution >= 4 is 95.6 Å². The predicted molar refractivity (Wildman–Crippen MR) is 164 cm³/mol. The summed E-state index contributed by atoms with van der Waals surface area (Å²) in [5.41, 5.74) is 3.73. The molecule has 0 saturated carbocycles. The van der Waals surface area contributed by atoms with Gasteiger partial charge in [0.05, 0.1) is 11.0 Å². The van der Waals surface area contributed by atoms with Gasteiger partial charge in [0.1, 0.15) is 0 Å². The fourth-order valence-electron chi connectivity index (χ4n) is 6.10. The van der Waals surface area contributed by atoms with Gasteiger partial charge in [0.15, 0.2) is 0 Å². The van der Waals surface area contributed by atoms with E-state index in [1.807, 2.05) is 22.7 Å². The molecule has 0 amide bonds. The third-order valence-corrected chi connectivity index (χ3v) is 10.1. The minimum absolute atomic E-state index is 1.22. The second-order valence-electron chi connectivity index (χ2n) is 9.76. The highest BCUT2D eigenvalue weighted by molar-refractivity contribution is 7.26. The van der Waals surface area contributed by atoms with Gasteiger partial charge in [-0.15, -0.1) is 22.7 Å². The SMILES string of the molecule is c1ccc2c(c1)sc1cc(-n3c4ccccc4c4cc5c(ccc6c7ccccc7sc56)cc43)ccc12. The van der Waals surface area contributed by atoms with Crippen LogP contribution in [0.25, 0.3) is 78.6 Å². The number of aromatic nitrogens is 1. The molecule has 6 aromatic carbocycles. The fourth-order valence-corrected chi connectivity index (χ4v) is 8.47. The van der Waals surface area contributed by atoms with Crippen LogP contribution in [0.3, 0.4) is 0 Å². The van der Waals surface area contributed by atoms with Gasteiger partial charge < -0.3 is 4.57 Å². The van der Waals surface area contributed by atoms with E-state index >= 15 is 0 Å². The predicted octanol–water partition coefficient (Wildman–Crippen LogP) is 10.7. The summed E-state index contributed by atoms with van der Waals surface area (Å²) in [6.07, 6.45) is 0. The topological polar surface area (TPSA) is 4.93 Å². The Labute approximate surface area is 220 Å². The third-order valence-electron chi connectivity index (χ3n) is 7.77. The molecule has 0 atom stereocenters. The lowest BCUT2D eigenvalue weighted by Crippen LogP contribution is -1.93. The lowest BCUT2D eigenvalue weighted by molar-refractivity contribution is 1.19. The molecule has 9 rings (SSSR count). The Kier molecular flexibility index (Phi) is 3.88. The standard InChI is InChI=1S/C34H19NS2/c1-4-10-29-22(7-1)28-19-27-20(13-15-26-24-9-3-6-12-32(24)37-34(26)27)17-30(28)35(29)21-14-16-25-23-8-2-5-11-31(23)36-33(25)18-21/h1-19H. The van der Waals surface area contributed by atoms with Crippen LogP contribution >= 0.6 is 22.7 Å². The molecule has 37 heavy (non-hydrogen) atoms. The van der Waals surface area contributed by atoms with Crippen molar-refractivity contribution in [3.8, 4) is 5.69 Å². The summed E-state index contributed by atoms with van der Waals surface area (Å²) in [5, 5.41) is 10.6. The van der Waals surface area contributed by atoms with E-state index in [1.165, 1.54) is 78.6 Å². The minimum atomic E-state index is 1.22. The summed E-state index contributed by atoms with van der Waals surface area (Å²) in [4.78, 5) is 0. The van der Waals surface area contributed by atoms with E-state index < -0.39 is 0 Å². The Morgan fingerprint density at radius 2 is 1.08 bits per heavy atom. The maximum absolute atomic E-state index is 2.45. The molecule has 0 aliphatic heterocycles. The fraction of sp³-hybridized carbons (Fsp3) is 0. The molecule has 0 fully saturated rings. The first-order valence-electron chi connectivity index (χ1n) is 12.5. The molecule has 0 aliphatic rings. The largest absolute Gasteiger partial charge is 0.309 e. The number of fused-ring (bicyclic) bond motifs is 11. The van der Waals surface area contributed by atoms with E-state index in [9.17, 15) is 0 Å². The zero-order valence-electron chi connectivity index (χ0n) is 19.7. The molecule has 3 aromatic heterocycles. The number of hydrogen-bond donors (Lipinski definition) is 0. The van der Waals surface area contributed by atoms with Crippen molar-refractivity contribution in [3.05, 3.63) is 115 Å². The highest BCUT2D eigenvalue weighted by atomic mass is 32.1. The number of nitrogens with zero attached hydrogens (tertiary/aromatic N) is 1. The van der Waals surface area contributed by atoms with Crippen LogP contribution in [0.5, 0.6) is 0 Å². The zero-order valence-corrected chi connectivity index (χ0v) is 21.4. The molecule has 0 bridgehead atoms. The summed E-state index contributed by atoms with van der Waals surface area (Å²) in [7, 11) is 0. The van der Waals surface area contributed by atoms with Crippen molar-refractivity contribution in [2.24, 2.45) is 0 Å². The van der Waals surface area contributed by atoms with Crippen LogP contribution in [0.2, 0.25) is 0 Å². The van der Waals surface area contributed by atoms with Gasteiger partial charge in [-0.1, -0.05) is 72.8 Å². The van der Waals surface area contributed by atoms with Gasteiger partial charge in [-0.2, -0.15) is 0 Å². The maximum Gasteiger partial charge on any atom is 0.0547 e. The van der Waals surface area contributed by atoms with Crippen molar-refractivity contribution in [2.45, 2.75) is 0 Å². The molecule has 0 N–H and O–H groups in total. The van der Waals surface area contributed by atoms with Crippen molar-refractivity contribution in [2.75, 3.05) is 0 Å². The summed E-state index contributed by atoms with van der Waals surface area (Å²) >= 11 is 3.78. The van der Waals surface area contributed by atoms with E-state index in [0.29, 0.717) is 0 Å². The van der Waals surface area contributed by atoms with Crippen molar-refractivity contribution in [1.29, 1.82) is 0 Å². The second-order valence-corrected chi connectivity index (χ2v) is 11.9. The third kappa shape index (κ3) is 2.68. The molecule has 1 nitrogen and oxygen atoms in total. The Hall–Kier alpha value is -4.18. The molecule has 0 spiro atoms. The van der Waals surface area contributed by atoms with Crippen molar-refractivity contribution in [3.63, 3.8) is 0 Å². The number of benzene rings is 6. The van der Waals surface area contributed by atoms with Crippen LogP contribution in [0.1, 0.15) is 0 Å². The van der Waals surface area contributed by atoms with E-state index in [2.05, 4.69) is 120 Å². The van der Waals surface area contributed by atoms with Crippen LogP contribution in [0, 0.1) is 0 Å². The second kappa shape index (κ2) is 7.19. The summed E-state index contributed by atoms with van der Waals surface area (Å²) < 4.78 is 7.85. The van der Waals surface area contributed by atoms with Gasteiger partial charge in [0.25, 0.3) is 0 Å². The summed E-state index contributed by atoms with van der Waals surface area (Å²) in [6.45, 7) is 0. The smallest absolute Gasteiger partial charge is 0.0547 e. The van der Waals surface area contributed by atoms with Crippen LogP contribution in [-0.4, -0.2) is 4.57 Å². The molecule has 0 saturated heterocycles. The molecular formula is C34H19NS2. The Morgan fingerprint density at radius 1 is 0.405 bits per heavy atom. The minimum Gasteiger partial charge on any atom is -0.309 e. The van der Waals surface area contributed by atoms with Crippen LogP contribution in [0.4, 0.5) is 0 Å². The zero-order chi connectivity index (χ0) is 24.1. The summed E-state index contributed by atoms with van der Waals surface area (Å²) in [5.74, 6) is 0. The lowest BCUT2D eigenvalue weighted by atomic mass is 10.0. The van der Waals surface area contributed by atoms with E-state index in [4.69, 9.17) is 0 Å². The lowest BCUT2D eigenvalue weighted by Gasteiger charge is -2.09. The first-order chi connectivity index (χ1) is 18.3.